The summed E-state index contributed by atoms with van der Waals surface area (Å²) in [5.74, 6) is 0. The summed E-state index contributed by atoms with van der Waals surface area (Å²) in [5, 5.41) is 0. The Morgan fingerprint density at radius 2 is 1.08 bits per heavy atom. The maximum atomic E-state index is 8.80. The molecule has 4 N–H and O–H groups in total. The van der Waals surface area contributed by atoms with Crippen LogP contribution in [0.15, 0.2) is 0 Å². The predicted octanol–water partition coefficient (Wildman–Crippen LogP) is -5.17. The molecule has 0 aliphatic rings. The van der Waals surface area contributed by atoms with Crippen LogP contribution in [0.2, 0.25) is 0 Å². The molecule has 8 nitrogen and oxygen atoms in total. The molecule has 0 aromatic heterocycles. The van der Waals surface area contributed by atoms with Gasteiger partial charge in [0.15, 0.2) is 0 Å². The summed E-state index contributed by atoms with van der Waals surface area (Å²) in [6.07, 6.45) is 0. The van der Waals surface area contributed by atoms with Gasteiger partial charge in [0.1, 0.15) is 9.05 Å². The highest BCUT2D eigenvalue weighted by atomic mass is 28.4. The van der Waals surface area contributed by atoms with E-state index in [1.54, 1.807) is 0 Å². The maximum absolute atomic E-state index is 8.80. The Hall–Kier alpha value is 0.114. The van der Waals surface area contributed by atoms with Crippen LogP contribution in [0.4, 0.5) is 0 Å². The lowest BCUT2D eigenvalue weighted by Crippen LogP contribution is -2.63. The van der Waals surface area contributed by atoms with Crippen molar-refractivity contribution in [3.63, 3.8) is 0 Å². The molecule has 0 aromatic carbocycles. The number of rotatable bonds is 2. The van der Waals surface area contributed by atoms with Crippen molar-refractivity contribution >= 4 is 18.1 Å². The molecule has 0 aliphatic heterocycles. The third-order valence-corrected chi connectivity index (χ3v) is 1.60. The van der Waals surface area contributed by atoms with Crippen molar-refractivity contribution in [2.24, 2.45) is 0 Å². The first-order valence-electron chi connectivity index (χ1n) is 2.53. The predicted molar refractivity (Wildman–Crippen MR) is 34.4 cm³/mol. The average molecular weight is 218 g/mol. The van der Waals surface area contributed by atoms with Crippen molar-refractivity contribution in [1.82, 2.24) is 0 Å². The summed E-state index contributed by atoms with van der Waals surface area (Å²) in [6.45, 7) is 0. The van der Waals surface area contributed by atoms with Gasteiger partial charge in [0.25, 0.3) is 0 Å². The molecule has 0 unspecified atom stereocenters. The second-order valence-corrected chi connectivity index (χ2v) is 4.52. The largest absolute Gasteiger partial charge is 0.828 e. The summed E-state index contributed by atoms with van der Waals surface area (Å²) >= 11 is 0. The van der Waals surface area contributed by atoms with Gasteiger partial charge in [-0.3, -0.25) is 0 Å². The SMILES string of the molecule is CO[Si](O)(O)OC.[O-][Si]([O-])(O)O. The normalized spacial score (nSPS) is 12.0. The van der Waals surface area contributed by atoms with E-state index in [1.807, 2.05) is 0 Å². The van der Waals surface area contributed by atoms with E-state index in [0.717, 1.165) is 0 Å². The topological polar surface area (TPSA) is 146 Å². The van der Waals surface area contributed by atoms with Gasteiger partial charge in [-0.15, -0.1) is 0 Å². The highest BCUT2D eigenvalue weighted by Crippen LogP contribution is 1.89. The van der Waals surface area contributed by atoms with Crippen molar-refractivity contribution in [2.75, 3.05) is 14.2 Å². The van der Waals surface area contributed by atoms with Gasteiger partial charge in [0.2, 0.25) is 0 Å². The fourth-order valence-corrected chi connectivity index (χ4v) is 0.250. The second kappa shape index (κ2) is 5.71. The molecular formula is C2H10O8Si2-2. The second-order valence-electron chi connectivity index (χ2n) is 1.51. The molecule has 0 saturated heterocycles. The van der Waals surface area contributed by atoms with E-state index in [9.17, 15) is 0 Å². The van der Waals surface area contributed by atoms with E-state index in [2.05, 4.69) is 8.85 Å². The van der Waals surface area contributed by atoms with Crippen molar-refractivity contribution in [2.45, 2.75) is 0 Å². The summed E-state index contributed by atoms with van der Waals surface area (Å²) < 4.78 is 8.23. The van der Waals surface area contributed by atoms with Crippen molar-refractivity contribution in [3.8, 4) is 0 Å². The van der Waals surface area contributed by atoms with Crippen LogP contribution in [0.5, 0.6) is 0 Å². The molecule has 10 heteroatoms. The molecular weight excluding hydrogens is 208 g/mol. The van der Waals surface area contributed by atoms with Gasteiger partial charge in [-0.2, -0.15) is 0 Å². The Bertz CT molecular complexity index is 96.1. The fourth-order valence-electron chi connectivity index (χ4n) is 0.0833. The molecule has 0 aliphatic carbocycles. The fraction of sp³-hybridized carbons (Fsp3) is 1.00. The maximum Gasteiger partial charge on any atom is 0.673 e. The molecule has 0 bridgehead atoms. The molecule has 0 fully saturated rings. The van der Waals surface area contributed by atoms with Crippen LogP contribution in [-0.4, -0.2) is 51.5 Å². The van der Waals surface area contributed by atoms with E-state index in [-0.39, 0.29) is 0 Å². The van der Waals surface area contributed by atoms with Crippen molar-refractivity contribution in [3.05, 3.63) is 0 Å². The molecule has 0 spiro atoms. The number of hydrogen-bond acceptors (Lipinski definition) is 8. The molecule has 0 amide bonds. The molecule has 76 valence electrons. The molecule has 0 rings (SSSR count). The minimum Gasteiger partial charge on any atom is -0.828 e. The van der Waals surface area contributed by atoms with Gasteiger partial charge in [-0.1, -0.05) is 0 Å². The van der Waals surface area contributed by atoms with Crippen molar-refractivity contribution < 1.29 is 37.6 Å². The van der Waals surface area contributed by atoms with E-state index < -0.39 is 18.1 Å². The third-order valence-electron chi connectivity index (χ3n) is 0.532. The molecule has 12 heavy (non-hydrogen) atoms. The third kappa shape index (κ3) is 22.5. The Labute approximate surface area is 70.9 Å². The lowest BCUT2D eigenvalue weighted by Gasteiger charge is -2.29. The van der Waals surface area contributed by atoms with Crippen molar-refractivity contribution in [1.29, 1.82) is 0 Å². The van der Waals surface area contributed by atoms with Gasteiger partial charge >= 0.3 is 9.05 Å². The summed E-state index contributed by atoms with van der Waals surface area (Å²) in [5.41, 5.74) is 0. The zero-order valence-corrected chi connectivity index (χ0v) is 8.42. The lowest BCUT2D eigenvalue weighted by atomic mass is 11.8. The Morgan fingerprint density at radius 1 is 0.917 bits per heavy atom. The van der Waals surface area contributed by atoms with Gasteiger partial charge in [-0.05, 0) is 0 Å². The van der Waals surface area contributed by atoms with E-state index in [4.69, 9.17) is 28.8 Å². The lowest BCUT2D eigenvalue weighted by molar-refractivity contribution is -0.433. The summed E-state index contributed by atoms with van der Waals surface area (Å²) in [4.78, 5) is 48.6. The minimum atomic E-state index is -5.11. The first-order valence-corrected chi connectivity index (χ1v) is 5.95. The minimum absolute atomic E-state index is 1.18. The van der Waals surface area contributed by atoms with Gasteiger partial charge in [0, 0.05) is 14.2 Å². The smallest absolute Gasteiger partial charge is 0.673 e. The molecule has 0 heterocycles. The molecule has 0 aromatic rings. The summed E-state index contributed by atoms with van der Waals surface area (Å²) in [7, 11) is -6.41. The van der Waals surface area contributed by atoms with Gasteiger partial charge in [-0.25, -0.2) is 0 Å². The zero-order chi connectivity index (χ0) is 10.4. The van der Waals surface area contributed by atoms with E-state index in [0.29, 0.717) is 0 Å². The van der Waals surface area contributed by atoms with E-state index >= 15 is 0 Å². The monoisotopic (exact) mass is 218 g/mol. The standard InChI is InChI=1S/C2H8O4Si.H2O4Si/c1-5-7(3,4)6-2;1-5(2,3)4/h3-4H,1-2H3;1-2H/q;-2. The molecule has 0 atom stereocenters. The van der Waals surface area contributed by atoms with Crippen LogP contribution in [0.3, 0.4) is 0 Å². The summed E-state index contributed by atoms with van der Waals surface area (Å²) in [6, 6.07) is 0. The first kappa shape index (κ1) is 14.6. The van der Waals surface area contributed by atoms with Crippen LogP contribution in [0, 0.1) is 0 Å². The highest BCUT2D eigenvalue weighted by Gasteiger charge is 2.32. The van der Waals surface area contributed by atoms with E-state index in [1.165, 1.54) is 14.2 Å². The quantitative estimate of drug-likeness (QED) is 0.336. The van der Waals surface area contributed by atoms with Gasteiger partial charge in [0.05, 0.1) is 0 Å². The van der Waals surface area contributed by atoms with Gasteiger partial charge < -0.3 is 37.6 Å². The Kier molecular flexibility index (Phi) is 6.96. The van der Waals surface area contributed by atoms with Crippen LogP contribution >= 0.6 is 0 Å². The first-order chi connectivity index (χ1) is 5.12. The highest BCUT2D eigenvalue weighted by molar-refractivity contribution is 6.50. The average Bonchev–Trinajstić information content (AvgIpc) is 1.85. The Balaban J connectivity index is 0. The number of hydrogen-bond donors (Lipinski definition) is 4. The van der Waals surface area contributed by atoms with Crippen LogP contribution < -0.4 is 9.59 Å². The zero-order valence-electron chi connectivity index (χ0n) is 6.42. The van der Waals surface area contributed by atoms with Crippen LogP contribution in [-0.2, 0) is 8.85 Å². The van der Waals surface area contributed by atoms with Crippen LogP contribution in [0.25, 0.3) is 0 Å². The van der Waals surface area contributed by atoms with Crippen LogP contribution in [0.1, 0.15) is 0 Å². The molecule has 0 saturated carbocycles. The Morgan fingerprint density at radius 3 is 1.08 bits per heavy atom. The molecule has 0 radical (unpaired) electrons.